The molecule has 0 bridgehead atoms. The number of fused-ring (bicyclic) bond motifs is 1. The summed E-state index contributed by atoms with van der Waals surface area (Å²) in [5.74, 6) is -0.664. The molecule has 0 unspecified atom stereocenters. The molecule has 2 aromatic heterocycles. The van der Waals surface area contributed by atoms with E-state index < -0.39 is 5.82 Å². The molecule has 1 fully saturated rings. The highest BCUT2D eigenvalue weighted by Crippen LogP contribution is 2.32. The number of aryl methyl sites for hydroxylation is 1. The van der Waals surface area contributed by atoms with Crippen LogP contribution in [0.4, 0.5) is 10.1 Å². The predicted molar refractivity (Wildman–Crippen MR) is 137 cm³/mol. The van der Waals surface area contributed by atoms with Crippen LogP contribution in [0.25, 0.3) is 33.4 Å². The van der Waals surface area contributed by atoms with E-state index in [1.807, 2.05) is 24.3 Å². The molecule has 7 heteroatoms. The van der Waals surface area contributed by atoms with Gasteiger partial charge in [0.15, 0.2) is 0 Å². The number of aromatic nitrogens is 2. The fourth-order valence-corrected chi connectivity index (χ4v) is 4.65. The molecule has 1 N–H and O–H groups in total. The van der Waals surface area contributed by atoms with E-state index >= 15 is 0 Å². The molecule has 180 valence electrons. The molecule has 1 aliphatic rings. The van der Waals surface area contributed by atoms with Crippen LogP contribution in [0.3, 0.4) is 0 Å². The summed E-state index contributed by atoms with van der Waals surface area (Å²) < 4.78 is 22.0. The predicted octanol–water partition coefficient (Wildman–Crippen LogP) is 5.19. The Labute approximate surface area is 204 Å². The summed E-state index contributed by atoms with van der Waals surface area (Å²) in [4.78, 5) is 18.9. The molecule has 5 rings (SSSR count). The third-order valence-corrected chi connectivity index (χ3v) is 6.30. The minimum Gasteiger partial charge on any atom is -0.379 e. The van der Waals surface area contributed by atoms with E-state index in [0.29, 0.717) is 16.9 Å². The van der Waals surface area contributed by atoms with Crippen LogP contribution in [0.2, 0.25) is 0 Å². The highest BCUT2D eigenvalue weighted by molar-refractivity contribution is 5.94. The number of carbonyl (C=O) groups is 1. The number of morpholine rings is 1. The van der Waals surface area contributed by atoms with Crippen LogP contribution in [0.5, 0.6) is 0 Å². The Morgan fingerprint density at radius 1 is 1.03 bits per heavy atom. The van der Waals surface area contributed by atoms with Crippen LogP contribution < -0.4 is 5.32 Å². The molecule has 1 amide bonds. The van der Waals surface area contributed by atoms with Crippen LogP contribution in [-0.2, 0) is 16.1 Å². The standard InChI is InChI=1S/C28H29FN4O2/c1-20(34)30-24-17-22(16-23(29)18-24)26-8-9-27-28(31-26)25(21-6-3-2-4-7-21)19-33(27)11-5-10-32-12-14-35-15-13-32/h2-4,6-9,16-19H,5,10-15H2,1H3,(H,30,34). The Bertz CT molecular complexity index is 1330. The number of carbonyl (C=O) groups excluding carboxylic acids is 1. The van der Waals surface area contributed by atoms with E-state index in [1.165, 1.54) is 19.1 Å². The van der Waals surface area contributed by atoms with Crippen molar-refractivity contribution >= 4 is 22.6 Å². The van der Waals surface area contributed by atoms with E-state index in [1.54, 1.807) is 6.07 Å². The lowest BCUT2D eigenvalue weighted by Gasteiger charge is -2.26. The van der Waals surface area contributed by atoms with Gasteiger partial charge in [-0.2, -0.15) is 0 Å². The van der Waals surface area contributed by atoms with Gasteiger partial charge in [-0.3, -0.25) is 9.69 Å². The minimum atomic E-state index is -0.419. The second-order valence-corrected chi connectivity index (χ2v) is 8.88. The molecule has 2 aromatic carbocycles. The smallest absolute Gasteiger partial charge is 0.221 e. The molecule has 0 radical (unpaired) electrons. The zero-order chi connectivity index (χ0) is 24.2. The molecule has 0 saturated carbocycles. The van der Waals surface area contributed by atoms with Gasteiger partial charge in [-0.05, 0) is 42.3 Å². The molecule has 4 aromatic rings. The Morgan fingerprint density at radius 3 is 2.60 bits per heavy atom. The van der Waals surface area contributed by atoms with Gasteiger partial charge in [-0.15, -0.1) is 0 Å². The third kappa shape index (κ3) is 5.42. The van der Waals surface area contributed by atoms with Crippen LogP contribution >= 0.6 is 0 Å². The van der Waals surface area contributed by atoms with Crippen molar-refractivity contribution < 1.29 is 13.9 Å². The average Bonchev–Trinajstić information content (AvgIpc) is 3.22. The van der Waals surface area contributed by atoms with Gasteiger partial charge >= 0.3 is 0 Å². The van der Waals surface area contributed by atoms with E-state index in [4.69, 9.17) is 9.72 Å². The van der Waals surface area contributed by atoms with Crippen LogP contribution in [0, 0.1) is 5.82 Å². The van der Waals surface area contributed by atoms with E-state index in [2.05, 4.69) is 39.2 Å². The van der Waals surface area contributed by atoms with E-state index in [9.17, 15) is 9.18 Å². The quantitative estimate of drug-likeness (QED) is 0.402. The largest absolute Gasteiger partial charge is 0.379 e. The van der Waals surface area contributed by atoms with Crippen molar-refractivity contribution in [3.8, 4) is 22.4 Å². The molecular weight excluding hydrogens is 443 g/mol. The first kappa shape index (κ1) is 23.2. The topological polar surface area (TPSA) is 59.4 Å². The molecule has 0 atom stereocenters. The molecule has 3 heterocycles. The van der Waals surface area contributed by atoms with Gasteiger partial charge in [0, 0.05) is 56.1 Å². The number of hydrogen-bond donors (Lipinski definition) is 1. The third-order valence-electron chi connectivity index (χ3n) is 6.30. The van der Waals surface area contributed by atoms with Gasteiger partial charge in [0.25, 0.3) is 0 Å². The lowest BCUT2D eigenvalue weighted by Crippen LogP contribution is -2.37. The van der Waals surface area contributed by atoms with Crippen LogP contribution in [0.1, 0.15) is 13.3 Å². The van der Waals surface area contributed by atoms with Crippen molar-refractivity contribution in [1.82, 2.24) is 14.5 Å². The van der Waals surface area contributed by atoms with Gasteiger partial charge in [0.2, 0.25) is 5.91 Å². The molecule has 35 heavy (non-hydrogen) atoms. The number of hydrogen-bond acceptors (Lipinski definition) is 4. The first-order valence-electron chi connectivity index (χ1n) is 12.0. The van der Waals surface area contributed by atoms with Gasteiger partial charge in [0.1, 0.15) is 5.82 Å². The van der Waals surface area contributed by atoms with E-state index in [0.717, 1.165) is 68.0 Å². The van der Waals surface area contributed by atoms with Gasteiger partial charge in [-0.25, -0.2) is 9.37 Å². The van der Waals surface area contributed by atoms with Crippen molar-refractivity contribution in [2.45, 2.75) is 19.9 Å². The van der Waals surface area contributed by atoms with Crippen LogP contribution in [-0.4, -0.2) is 53.2 Å². The summed E-state index contributed by atoms with van der Waals surface area (Å²) in [6.07, 6.45) is 3.20. The van der Waals surface area contributed by atoms with Crippen molar-refractivity contribution in [2.75, 3.05) is 38.2 Å². The highest BCUT2D eigenvalue weighted by atomic mass is 19.1. The first-order chi connectivity index (χ1) is 17.1. The number of ether oxygens (including phenoxy) is 1. The number of pyridine rings is 1. The monoisotopic (exact) mass is 472 g/mol. The van der Waals surface area contributed by atoms with E-state index in [-0.39, 0.29) is 5.91 Å². The molecule has 0 spiro atoms. The SMILES string of the molecule is CC(=O)Nc1cc(F)cc(-c2ccc3c(n2)c(-c2ccccc2)cn3CCCN2CCOCC2)c1. The highest BCUT2D eigenvalue weighted by Gasteiger charge is 2.15. The summed E-state index contributed by atoms with van der Waals surface area (Å²) in [5, 5.41) is 2.66. The Morgan fingerprint density at radius 2 is 1.83 bits per heavy atom. The maximum Gasteiger partial charge on any atom is 0.221 e. The summed E-state index contributed by atoms with van der Waals surface area (Å²) in [7, 11) is 0. The Hall–Kier alpha value is -3.55. The second kappa shape index (κ2) is 10.4. The number of rotatable bonds is 7. The molecule has 6 nitrogen and oxygen atoms in total. The fourth-order valence-electron chi connectivity index (χ4n) is 4.65. The van der Waals surface area contributed by atoms with Gasteiger partial charge < -0.3 is 14.6 Å². The molecule has 1 aliphatic heterocycles. The Balaban J connectivity index is 1.50. The number of benzene rings is 2. The van der Waals surface area contributed by atoms with Crippen LogP contribution in [0.15, 0.2) is 66.9 Å². The maximum absolute atomic E-state index is 14.3. The summed E-state index contributed by atoms with van der Waals surface area (Å²) in [6.45, 7) is 6.91. The second-order valence-electron chi connectivity index (χ2n) is 8.88. The van der Waals surface area contributed by atoms with Crippen molar-refractivity contribution in [3.05, 3.63) is 72.7 Å². The summed E-state index contributed by atoms with van der Waals surface area (Å²) in [5.41, 5.74) is 5.76. The van der Waals surface area contributed by atoms with Gasteiger partial charge in [0.05, 0.1) is 29.9 Å². The zero-order valence-corrected chi connectivity index (χ0v) is 19.8. The number of nitrogens with one attached hydrogen (secondary N) is 1. The lowest BCUT2D eigenvalue weighted by atomic mass is 10.1. The minimum absolute atomic E-state index is 0.245. The maximum atomic E-state index is 14.3. The number of nitrogens with zero attached hydrogens (tertiary/aromatic N) is 3. The number of amides is 1. The van der Waals surface area contributed by atoms with Crippen molar-refractivity contribution in [1.29, 1.82) is 0 Å². The number of halogens is 1. The lowest BCUT2D eigenvalue weighted by molar-refractivity contribution is -0.114. The normalized spacial score (nSPS) is 14.3. The fraction of sp³-hybridized carbons (Fsp3) is 0.286. The summed E-state index contributed by atoms with van der Waals surface area (Å²) >= 11 is 0. The molecular formula is C28H29FN4O2. The Kier molecular flexibility index (Phi) is 6.88. The summed E-state index contributed by atoms with van der Waals surface area (Å²) in [6, 6.07) is 18.7. The van der Waals surface area contributed by atoms with Crippen molar-refractivity contribution in [2.24, 2.45) is 0 Å². The van der Waals surface area contributed by atoms with Crippen molar-refractivity contribution in [3.63, 3.8) is 0 Å². The molecule has 0 aliphatic carbocycles. The average molecular weight is 473 g/mol. The number of anilines is 1. The zero-order valence-electron chi connectivity index (χ0n) is 19.8. The van der Waals surface area contributed by atoms with Gasteiger partial charge in [-0.1, -0.05) is 30.3 Å². The molecule has 1 saturated heterocycles. The first-order valence-corrected chi connectivity index (χ1v) is 12.0.